The lowest BCUT2D eigenvalue weighted by molar-refractivity contribution is 0.00928. The van der Waals surface area contributed by atoms with Gasteiger partial charge in [-0.2, -0.15) is 0 Å². The van der Waals surface area contributed by atoms with Crippen LogP contribution in [0.5, 0.6) is 5.75 Å². The zero-order valence-electron chi connectivity index (χ0n) is 9.15. The molecule has 1 rings (SSSR count). The number of alkyl halides is 2. The normalized spacial score (nSPS) is 10.6. The number of aromatic carboxylic acids is 1. The lowest BCUT2D eigenvalue weighted by Gasteiger charge is -2.09. The van der Waals surface area contributed by atoms with Gasteiger partial charge in [0.15, 0.2) is 0 Å². The van der Waals surface area contributed by atoms with Gasteiger partial charge in [0.05, 0.1) is 19.3 Å². The second kappa shape index (κ2) is 6.15. The molecule has 6 heteroatoms. The molecule has 0 aliphatic carbocycles. The Morgan fingerprint density at radius 1 is 1.47 bits per heavy atom. The second-order valence-electron chi connectivity index (χ2n) is 3.24. The van der Waals surface area contributed by atoms with E-state index >= 15 is 0 Å². The van der Waals surface area contributed by atoms with E-state index in [1.165, 1.54) is 25.3 Å². The number of carbonyl (C=O) groups is 1. The van der Waals surface area contributed by atoms with Gasteiger partial charge in [-0.15, -0.1) is 0 Å². The number of hydrogen-bond donors (Lipinski definition) is 1. The van der Waals surface area contributed by atoms with Crippen LogP contribution in [-0.4, -0.2) is 31.2 Å². The number of methoxy groups -OCH3 is 1. The van der Waals surface area contributed by atoms with E-state index in [-0.39, 0.29) is 12.2 Å². The average molecular weight is 246 g/mol. The molecule has 1 aromatic rings. The molecule has 0 saturated heterocycles. The Labute approximate surface area is 96.8 Å². The third-order valence-electron chi connectivity index (χ3n) is 2.03. The standard InChI is InChI=1S/C11H12F2O4/c1-16-9-3-2-7(11(14)15)4-8(9)5-17-6-10(12)13/h2-4,10H,5-6H2,1H3,(H,14,15). The summed E-state index contributed by atoms with van der Waals surface area (Å²) in [5.41, 5.74) is 0.481. The molecule has 0 bridgehead atoms. The van der Waals surface area contributed by atoms with Crippen molar-refractivity contribution in [3.63, 3.8) is 0 Å². The Morgan fingerprint density at radius 3 is 2.71 bits per heavy atom. The molecule has 1 N–H and O–H groups in total. The molecule has 0 aliphatic rings. The van der Waals surface area contributed by atoms with Crippen LogP contribution in [0.3, 0.4) is 0 Å². The fourth-order valence-electron chi connectivity index (χ4n) is 1.28. The Bertz CT molecular complexity index is 393. The van der Waals surface area contributed by atoms with Crippen LogP contribution in [0.15, 0.2) is 18.2 Å². The molecule has 0 aliphatic heterocycles. The lowest BCUT2D eigenvalue weighted by Crippen LogP contribution is -2.06. The number of hydrogen-bond acceptors (Lipinski definition) is 3. The van der Waals surface area contributed by atoms with E-state index in [1.54, 1.807) is 0 Å². The molecule has 0 fully saturated rings. The van der Waals surface area contributed by atoms with Crippen molar-refractivity contribution in [2.75, 3.05) is 13.7 Å². The van der Waals surface area contributed by atoms with E-state index < -0.39 is 19.0 Å². The molecule has 0 amide bonds. The van der Waals surface area contributed by atoms with Gasteiger partial charge in [0, 0.05) is 5.56 Å². The zero-order valence-corrected chi connectivity index (χ0v) is 9.15. The van der Waals surface area contributed by atoms with Crippen molar-refractivity contribution < 1.29 is 28.2 Å². The highest BCUT2D eigenvalue weighted by Crippen LogP contribution is 2.21. The fraction of sp³-hybridized carbons (Fsp3) is 0.364. The predicted molar refractivity (Wildman–Crippen MR) is 55.6 cm³/mol. The molecule has 0 spiro atoms. The summed E-state index contributed by atoms with van der Waals surface area (Å²) in [7, 11) is 1.41. The molecule has 1 aromatic carbocycles. The van der Waals surface area contributed by atoms with Gasteiger partial charge in [-0.3, -0.25) is 0 Å². The van der Waals surface area contributed by atoms with Crippen LogP contribution in [0, 0.1) is 0 Å². The molecule has 17 heavy (non-hydrogen) atoms. The maximum absolute atomic E-state index is 11.9. The molecule has 0 aromatic heterocycles. The van der Waals surface area contributed by atoms with Crippen molar-refractivity contribution in [2.45, 2.75) is 13.0 Å². The van der Waals surface area contributed by atoms with Gasteiger partial charge in [-0.05, 0) is 18.2 Å². The first-order valence-corrected chi connectivity index (χ1v) is 4.80. The summed E-state index contributed by atoms with van der Waals surface area (Å²) in [6, 6.07) is 4.18. The van der Waals surface area contributed by atoms with Crippen LogP contribution in [0.2, 0.25) is 0 Å². The van der Waals surface area contributed by atoms with Gasteiger partial charge in [0.2, 0.25) is 0 Å². The molecule has 0 heterocycles. The Kier molecular flexibility index (Phi) is 4.84. The maximum Gasteiger partial charge on any atom is 0.335 e. The third kappa shape index (κ3) is 3.99. The van der Waals surface area contributed by atoms with Crippen LogP contribution in [0.1, 0.15) is 15.9 Å². The molecular weight excluding hydrogens is 234 g/mol. The number of carboxylic acid groups (broad SMARTS) is 1. The van der Waals surface area contributed by atoms with Gasteiger partial charge in [-0.1, -0.05) is 0 Å². The second-order valence-corrected chi connectivity index (χ2v) is 3.24. The summed E-state index contributed by atoms with van der Waals surface area (Å²) in [5.74, 6) is -0.688. The van der Waals surface area contributed by atoms with Crippen LogP contribution >= 0.6 is 0 Å². The number of carboxylic acids is 1. The lowest BCUT2D eigenvalue weighted by atomic mass is 10.1. The van der Waals surface area contributed by atoms with E-state index in [0.29, 0.717) is 11.3 Å². The van der Waals surface area contributed by atoms with E-state index in [1.807, 2.05) is 0 Å². The van der Waals surface area contributed by atoms with Crippen LogP contribution in [0.4, 0.5) is 8.78 Å². The van der Waals surface area contributed by atoms with Gasteiger partial charge < -0.3 is 14.6 Å². The van der Waals surface area contributed by atoms with Crippen molar-refractivity contribution in [1.82, 2.24) is 0 Å². The summed E-state index contributed by atoms with van der Waals surface area (Å²) in [6.45, 7) is -0.810. The first kappa shape index (κ1) is 13.4. The van der Waals surface area contributed by atoms with Crippen LogP contribution in [-0.2, 0) is 11.3 Å². The van der Waals surface area contributed by atoms with Gasteiger partial charge in [0.1, 0.15) is 12.4 Å². The highest BCUT2D eigenvalue weighted by molar-refractivity contribution is 5.88. The number of ether oxygens (including phenoxy) is 2. The molecule has 0 unspecified atom stereocenters. The molecule has 0 radical (unpaired) electrons. The van der Waals surface area contributed by atoms with Gasteiger partial charge in [0.25, 0.3) is 6.43 Å². The molecule has 4 nitrogen and oxygen atoms in total. The maximum atomic E-state index is 11.9. The smallest absolute Gasteiger partial charge is 0.335 e. The van der Waals surface area contributed by atoms with Crippen molar-refractivity contribution in [2.24, 2.45) is 0 Å². The third-order valence-corrected chi connectivity index (χ3v) is 2.03. The monoisotopic (exact) mass is 246 g/mol. The summed E-state index contributed by atoms with van der Waals surface area (Å²) in [6.07, 6.45) is -2.55. The SMILES string of the molecule is COc1ccc(C(=O)O)cc1COCC(F)F. The molecule has 0 saturated carbocycles. The molecule has 94 valence electrons. The fourth-order valence-corrected chi connectivity index (χ4v) is 1.28. The first-order valence-electron chi connectivity index (χ1n) is 4.80. The zero-order chi connectivity index (χ0) is 12.8. The highest BCUT2D eigenvalue weighted by Gasteiger charge is 2.10. The first-order chi connectivity index (χ1) is 8.04. The minimum atomic E-state index is -2.55. The van der Waals surface area contributed by atoms with Crippen LogP contribution in [0.25, 0.3) is 0 Å². The van der Waals surface area contributed by atoms with Crippen LogP contribution < -0.4 is 4.74 Å². The number of halogens is 2. The Balaban J connectivity index is 2.79. The van der Waals surface area contributed by atoms with Gasteiger partial charge >= 0.3 is 5.97 Å². The summed E-state index contributed by atoms with van der Waals surface area (Å²) in [4.78, 5) is 10.7. The predicted octanol–water partition coefficient (Wildman–Crippen LogP) is 2.18. The largest absolute Gasteiger partial charge is 0.496 e. The topological polar surface area (TPSA) is 55.8 Å². The number of benzene rings is 1. The van der Waals surface area contributed by atoms with E-state index in [9.17, 15) is 13.6 Å². The van der Waals surface area contributed by atoms with Crippen molar-refractivity contribution in [3.8, 4) is 5.75 Å². The highest BCUT2D eigenvalue weighted by atomic mass is 19.3. The Hall–Kier alpha value is -1.69. The van der Waals surface area contributed by atoms with E-state index in [4.69, 9.17) is 14.6 Å². The Morgan fingerprint density at radius 2 is 2.18 bits per heavy atom. The minimum absolute atomic E-state index is 0.0569. The van der Waals surface area contributed by atoms with Crippen molar-refractivity contribution in [1.29, 1.82) is 0 Å². The quantitative estimate of drug-likeness (QED) is 0.835. The van der Waals surface area contributed by atoms with Crippen molar-refractivity contribution in [3.05, 3.63) is 29.3 Å². The molecule has 0 atom stereocenters. The van der Waals surface area contributed by atoms with Crippen molar-refractivity contribution >= 4 is 5.97 Å². The minimum Gasteiger partial charge on any atom is -0.496 e. The summed E-state index contributed by atoms with van der Waals surface area (Å²) >= 11 is 0. The van der Waals surface area contributed by atoms with E-state index in [0.717, 1.165) is 0 Å². The molecular formula is C11H12F2O4. The summed E-state index contributed by atoms with van der Waals surface area (Å²) in [5, 5.41) is 8.78. The number of rotatable bonds is 6. The van der Waals surface area contributed by atoms with E-state index in [2.05, 4.69) is 0 Å². The summed E-state index contributed by atoms with van der Waals surface area (Å²) < 4.78 is 33.5. The average Bonchev–Trinajstić information content (AvgIpc) is 2.28. The van der Waals surface area contributed by atoms with Gasteiger partial charge in [-0.25, -0.2) is 13.6 Å².